The lowest BCUT2D eigenvalue weighted by molar-refractivity contribution is 0.332. The fourth-order valence-corrected chi connectivity index (χ4v) is 12.8. The predicted molar refractivity (Wildman–Crippen MR) is 326 cm³/mol. The summed E-state index contributed by atoms with van der Waals surface area (Å²) >= 11 is 0. The van der Waals surface area contributed by atoms with E-state index in [1.165, 1.54) is 90.0 Å². The maximum atomic E-state index is 7.05. The van der Waals surface area contributed by atoms with Gasteiger partial charge in [-0.3, -0.25) is 0 Å². The molecule has 1 aliphatic carbocycles. The van der Waals surface area contributed by atoms with Crippen molar-refractivity contribution in [1.82, 2.24) is 4.57 Å². The molecule has 8 aromatic rings. The number of nitrogens with zero attached hydrogens (tertiary/aromatic N) is 3. The Morgan fingerprint density at radius 3 is 1.61 bits per heavy atom. The highest BCUT2D eigenvalue weighted by Gasteiger charge is 2.46. The molecule has 0 saturated carbocycles. The molecule has 384 valence electrons. The van der Waals surface area contributed by atoms with Crippen molar-refractivity contribution in [3.05, 3.63) is 165 Å². The maximum Gasteiger partial charge on any atom is 0.252 e. The number of allylic oxidation sites excluding steroid dienone is 1. The van der Waals surface area contributed by atoms with Gasteiger partial charge in [-0.05, 0) is 181 Å². The molecule has 0 fully saturated rings. The van der Waals surface area contributed by atoms with Gasteiger partial charge in [0.25, 0.3) is 6.71 Å². The fraction of sp³-hybridized carbons (Fsp3) is 0.371. The van der Waals surface area contributed by atoms with Crippen LogP contribution in [-0.2, 0) is 32.5 Å². The summed E-state index contributed by atoms with van der Waals surface area (Å²) in [7, 11) is 0. The van der Waals surface area contributed by atoms with Crippen molar-refractivity contribution in [3.8, 4) is 5.69 Å². The van der Waals surface area contributed by atoms with Gasteiger partial charge in [0.15, 0.2) is 5.58 Å². The minimum absolute atomic E-state index is 0.0113. The fourth-order valence-electron chi connectivity index (χ4n) is 12.8. The van der Waals surface area contributed by atoms with Crippen molar-refractivity contribution in [2.24, 2.45) is 0 Å². The van der Waals surface area contributed by atoms with Crippen molar-refractivity contribution in [3.63, 3.8) is 0 Å². The molecule has 0 N–H and O–H groups in total. The van der Waals surface area contributed by atoms with E-state index in [0.29, 0.717) is 0 Å². The summed E-state index contributed by atoms with van der Waals surface area (Å²) in [6.07, 6.45) is 8.41. The number of hydrogen-bond acceptors (Lipinski definition) is 3. The van der Waals surface area contributed by atoms with E-state index in [0.717, 1.165) is 50.6 Å². The summed E-state index contributed by atoms with van der Waals surface area (Å²) in [6, 6.07) is 41.2. The van der Waals surface area contributed by atoms with Crippen LogP contribution in [0.4, 0.5) is 34.1 Å². The summed E-state index contributed by atoms with van der Waals surface area (Å²) in [5.41, 5.74) is 25.7. The second kappa shape index (κ2) is 16.8. The van der Waals surface area contributed by atoms with Crippen LogP contribution >= 0.6 is 0 Å². The third-order valence-corrected chi connectivity index (χ3v) is 17.5. The van der Waals surface area contributed by atoms with E-state index in [1.54, 1.807) is 0 Å². The molecule has 2 aliphatic heterocycles. The second-order valence-corrected chi connectivity index (χ2v) is 27.9. The molecule has 4 heterocycles. The summed E-state index contributed by atoms with van der Waals surface area (Å²) in [5, 5.41) is 2.25. The number of rotatable bonds is 5. The summed E-state index contributed by atoms with van der Waals surface area (Å²) in [6.45, 7) is 46.3. The lowest BCUT2D eigenvalue weighted by Gasteiger charge is -2.45. The Bertz CT molecular complexity index is 3730. The van der Waals surface area contributed by atoms with Gasteiger partial charge in [-0.1, -0.05) is 172 Å². The number of aromatic nitrogens is 1. The molecule has 0 bridgehead atoms. The smallest absolute Gasteiger partial charge is 0.252 e. The van der Waals surface area contributed by atoms with Crippen molar-refractivity contribution in [2.75, 3.05) is 9.80 Å². The van der Waals surface area contributed by atoms with Crippen LogP contribution in [0.15, 0.2) is 120 Å². The molecule has 5 heteroatoms. The van der Waals surface area contributed by atoms with Crippen LogP contribution in [0, 0.1) is 6.92 Å². The number of furan rings is 1. The standard InChI is InChI=1S/C70H80BN3O/c1-20-22-60-50(21-2)63-64(75-60)51-36-45(67(10,11)12)37-55-62(51)74(63)59-39-46(68(13,14)15)38-58-61(59)71(55)54-32-31-49(40-57(54)73(58)56-41-53-52(35-42(56)3)69(16,17)33-34-70(53,18)19)72(47-27-23-43(24-28-47)65(4,5)6)48-29-25-44(26-30-48)66(7,8)9/h20-32,35-41H,1,33-34H2,2-19H3/b50-21+,60-22+. The highest BCUT2D eigenvalue weighted by Crippen LogP contribution is 2.52. The lowest BCUT2D eigenvalue weighted by atomic mass is 9.33. The molecular weight excluding hydrogens is 910 g/mol. The molecule has 0 saturated heterocycles. The van der Waals surface area contributed by atoms with Crippen molar-refractivity contribution < 1.29 is 4.42 Å². The van der Waals surface area contributed by atoms with Gasteiger partial charge in [0, 0.05) is 50.4 Å². The van der Waals surface area contributed by atoms with Crippen molar-refractivity contribution in [1.29, 1.82) is 0 Å². The van der Waals surface area contributed by atoms with E-state index in [1.807, 2.05) is 12.2 Å². The molecule has 6 aromatic carbocycles. The number of aryl methyl sites for hydroxylation is 1. The first kappa shape index (κ1) is 50.7. The number of anilines is 6. The molecule has 0 spiro atoms. The number of hydrogen-bond donors (Lipinski definition) is 0. The van der Waals surface area contributed by atoms with Gasteiger partial charge in [-0.15, -0.1) is 0 Å². The maximum absolute atomic E-state index is 7.05. The highest BCUT2D eigenvalue weighted by molar-refractivity contribution is 7.00. The first-order valence-corrected chi connectivity index (χ1v) is 27.7. The van der Waals surface area contributed by atoms with E-state index >= 15 is 0 Å². The van der Waals surface area contributed by atoms with Crippen molar-refractivity contribution >= 4 is 91.4 Å². The Balaban J connectivity index is 1.30. The zero-order valence-electron chi connectivity index (χ0n) is 48.5. The van der Waals surface area contributed by atoms with E-state index in [2.05, 4.69) is 255 Å². The molecule has 3 aliphatic rings. The van der Waals surface area contributed by atoms with E-state index in [4.69, 9.17) is 4.42 Å². The lowest BCUT2D eigenvalue weighted by Crippen LogP contribution is -2.61. The predicted octanol–water partition coefficient (Wildman–Crippen LogP) is 16.1. The quantitative estimate of drug-likeness (QED) is 0.161. The molecule has 0 atom stereocenters. The van der Waals surface area contributed by atoms with Gasteiger partial charge < -0.3 is 18.8 Å². The molecule has 11 rings (SSSR count). The van der Waals surface area contributed by atoms with Crippen LogP contribution in [0.5, 0.6) is 0 Å². The van der Waals surface area contributed by atoms with Crippen LogP contribution in [0.2, 0.25) is 0 Å². The number of benzene rings is 6. The summed E-state index contributed by atoms with van der Waals surface area (Å²) < 4.78 is 9.64. The molecule has 75 heavy (non-hydrogen) atoms. The van der Waals surface area contributed by atoms with E-state index in [-0.39, 0.29) is 39.2 Å². The minimum Gasteiger partial charge on any atom is -0.454 e. The first-order chi connectivity index (χ1) is 35.0. The van der Waals surface area contributed by atoms with E-state index in [9.17, 15) is 0 Å². The third kappa shape index (κ3) is 7.99. The van der Waals surface area contributed by atoms with Crippen LogP contribution in [0.25, 0.3) is 39.8 Å². The average Bonchev–Trinajstić information content (AvgIpc) is 3.89. The summed E-state index contributed by atoms with van der Waals surface area (Å²) in [5.74, 6) is 0. The molecule has 0 radical (unpaired) electrons. The minimum atomic E-state index is -0.166. The Kier molecular flexibility index (Phi) is 11.3. The second-order valence-electron chi connectivity index (χ2n) is 27.9. The summed E-state index contributed by atoms with van der Waals surface area (Å²) in [4.78, 5) is 5.17. The Morgan fingerprint density at radius 1 is 0.560 bits per heavy atom. The van der Waals surface area contributed by atoms with E-state index < -0.39 is 0 Å². The van der Waals surface area contributed by atoms with Crippen LogP contribution in [0.1, 0.15) is 169 Å². The molecular formula is C70H80BN3O. The topological polar surface area (TPSA) is 24.6 Å². The monoisotopic (exact) mass is 990 g/mol. The van der Waals surface area contributed by atoms with Crippen LogP contribution in [0.3, 0.4) is 0 Å². The molecule has 0 unspecified atom stereocenters. The molecule has 2 aromatic heterocycles. The van der Waals surface area contributed by atoms with Gasteiger partial charge >= 0.3 is 0 Å². The molecule has 0 amide bonds. The number of fused-ring (bicyclic) bond motifs is 8. The van der Waals surface area contributed by atoms with Gasteiger partial charge in [0.1, 0.15) is 10.9 Å². The zero-order chi connectivity index (χ0) is 53.9. The largest absolute Gasteiger partial charge is 0.454 e. The third-order valence-electron chi connectivity index (χ3n) is 17.5. The Morgan fingerprint density at radius 2 is 1.08 bits per heavy atom. The normalized spacial score (nSPS) is 16.4. The van der Waals surface area contributed by atoms with Crippen molar-refractivity contribution in [2.45, 2.75) is 170 Å². The van der Waals surface area contributed by atoms with Crippen LogP contribution < -0.4 is 36.8 Å². The van der Waals surface area contributed by atoms with Gasteiger partial charge in [-0.25, -0.2) is 0 Å². The SMILES string of the molecule is C=C/C=c1/oc2c3cc(C(C)(C)C)cc4c3n(c2/c1=C/C)-c1cc(C(C)(C)C)cc2c1B4c1ccc(N(c3ccc(C(C)(C)C)cc3)c3ccc(C(C)(C)C)cc3)cc1N2c1cc2c(cc1C)C(C)(C)CCC2(C)C. The van der Waals surface area contributed by atoms with Gasteiger partial charge in [0.2, 0.25) is 0 Å². The first-order valence-electron chi connectivity index (χ1n) is 27.7. The Labute approximate surface area is 448 Å². The Hall–Kier alpha value is -6.46. The molecule has 4 nitrogen and oxygen atoms in total. The van der Waals surface area contributed by atoms with Gasteiger partial charge in [0.05, 0.1) is 5.52 Å². The highest BCUT2D eigenvalue weighted by atomic mass is 16.3. The zero-order valence-corrected chi connectivity index (χ0v) is 48.5. The average molecular weight is 990 g/mol. The van der Waals surface area contributed by atoms with Crippen LogP contribution in [-0.4, -0.2) is 11.3 Å². The van der Waals surface area contributed by atoms with Gasteiger partial charge in [-0.2, -0.15) is 0 Å².